The molecule has 0 aromatic carbocycles. The third-order valence-electron chi connectivity index (χ3n) is 11.5. The summed E-state index contributed by atoms with van der Waals surface area (Å²) in [5, 5.41) is 0. The fourth-order valence-corrected chi connectivity index (χ4v) is 8.14. The lowest BCUT2D eigenvalue weighted by molar-refractivity contribution is -0.870. The second-order valence-electron chi connectivity index (χ2n) is 18.9. The molecule has 0 fully saturated rings. The fourth-order valence-electron chi connectivity index (χ4n) is 7.40. The summed E-state index contributed by atoms with van der Waals surface area (Å²) in [6.07, 6.45) is 51.7. The average Bonchev–Trinajstić information content (AvgIpc) is 3.22. The van der Waals surface area contributed by atoms with Crippen LogP contribution >= 0.6 is 7.82 Å². The van der Waals surface area contributed by atoms with E-state index in [9.17, 15) is 19.0 Å². The maximum atomic E-state index is 12.7. The second kappa shape index (κ2) is 44.7. The normalized spacial score (nSPS) is 13.6. The van der Waals surface area contributed by atoms with Gasteiger partial charge in [0.2, 0.25) is 0 Å². The van der Waals surface area contributed by atoms with Crippen molar-refractivity contribution in [3.05, 3.63) is 24.3 Å². The van der Waals surface area contributed by atoms with Crippen LogP contribution in [0.4, 0.5) is 0 Å². The SMILES string of the molecule is CCCCCCC/C=C\C/C=C\CCCCCCCCCCCCCCCCCCCCCCCC(=O)OC(COC(=O)CCCCCCC)COP(=O)(O)OCC[N+](C)(C)C. The summed E-state index contributed by atoms with van der Waals surface area (Å²) in [6.45, 7) is 4.34. The van der Waals surface area contributed by atoms with Crippen LogP contribution in [0.1, 0.15) is 245 Å². The van der Waals surface area contributed by atoms with Gasteiger partial charge >= 0.3 is 19.8 Å². The lowest BCUT2D eigenvalue weighted by Gasteiger charge is -2.24. The van der Waals surface area contributed by atoms with Crippen LogP contribution < -0.4 is 0 Å². The highest BCUT2D eigenvalue weighted by Crippen LogP contribution is 2.43. The van der Waals surface area contributed by atoms with Gasteiger partial charge in [0, 0.05) is 12.8 Å². The van der Waals surface area contributed by atoms with E-state index in [1.165, 1.54) is 161 Å². The van der Waals surface area contributed by atoms with Crippen molar-refractivity contribution in [1.29, 1.82) is 0 Å². The number of quaternary nitrogens is 1. The topological polar surface area (TPSA) is 108 Å². The van der Waals surface area contributed by atoms with Crippen molar-refractivity contribution in [3.63, 3.8) is 0 Å². The van der Waals surface area contributed by atoms with Gasteiger partial charge in [-0.2, -0.15) is 0 Å². The third-order valence-corrected chi connectivity index (χ3v) is 12.5. The molecule has 366 valence electrons. The smallest absolute Gasteiger partial charge is 0.462 e. The third kappa shape index (κ3) is 48.0. The summed E-state index contributed by atoms with van der Waals surface area (Å²) in [5.74, 6) is -0.802. The van der Waals surface area contributed by atoms with Crippen molar-refractivity contribution in [1.82, 2.24) is 0 Å². The van der Waals surface area contributed by atoms with Crippen LogP contribution in [0, 0.1) is 0 Å². The van der Waals surface area contributed by atoms with Crippen LogP contribution in [0.5, 0.6) is 0 Å². The number of ether oxygens (including phenoxy) is 2. The van der Waals surface area contributed by atoms with Gasteiger partial charge in [0.1, 0.15) is 19.8 Å². The number of rotatable bonds is 48. The Morgan fingerprint density at radius 1 is 0.500 bits per heavy atom. The monoisotopic (exact) mass is 899 g/mol. The quantitative estimate of drug-likeness (QED) is 0.0211. The van der Waals surface area contributed by atoms with Crippen molar-refractivity contribution in [2.75, 3.05) is 47.5 Å². The van der Waals surface area contributed by atoms with Gasteiger partial charge in [-0.3, -0.25) is 18.6 Å². The number of phosphoric acid groups is 1. The summed E-state index contributed by atoms with van der Waals surface area (Å²) >= 11 is 0. The van der Waals surface area contributed by atoms with Crippen LogP contribution in [0.3, 0.4) is 0 Å². The average molecular weight is 899 g/mol. The molecule has 9 nitrogen and oxygen atoms in total. The van der Waals surface area contributed by atoms with Gasteiger partial charge in [0.15, 0.2) is 6.10 Å². The fraction of sp³-hybridized carbons (Fsp3) is 0.885. The largest absolute Gasteiger partial charge is 0.472 e. The van der Waals surface area contributed by atoms with Gasteiger partial charge in [-0.15, -0.1) is 0 Å². The number of hydrogen-bond acceptors (Lipinski definition) is 7. The maximum absolute atomic E-state index is 12.7. The number of hydrogen-bond donors (Lipinski definition) is 1. The van der Waals surface area contributed by atoms with E-state index >= 15 is 0 Å². The van der Waals surface area contributed by atoms with Crippen molar-refractivity contribution < 1.29 is 42.1 Å². The molecule has 2 atom stereocenters. The predicted octanol–water partition coefficient (Wildman–Crippen LogP) is 15.5. The van der Waals surface area contributed by atoms with E-state index in [1.807, 2.05) is 21.1 Å². The summed E-state index contributed by atoms with van der Waals surface area (Å²) in [4.78, 5) is 35.1. The number of nitrogens with zero attached hydrogens (tertiary/aromatic N) is 1. The highest BCUT2D eigenvalue weighted by atomic mass is 31.2. The zero-order valence-electron chi connectivity index (χ0n) is 41.4. The van der Waals surface area contributed by atoms with E-state index in [0.29, 0.717) is 17.4 Å². The number of likely N-dealkylation sites (N-methyl/N-ethyl adjacent to an activating group) is 1. The summed E-state index contributed by atoms with van der Waals surface area (Å²) in [7, 11) is 1.49. The first-order chi connectivity index (χ1) is 30.0. The Bertz CT molecular complexity index is 1110. The Morgan fingerprint density at radius 2 is 0.871 bits per heavy atom. The number of carbonyl (C=O) groups excluding carboxylic acids is 2. The van der Waals surface area contributed by atoms with Gasteiger partial charge in [-0.25, -0.2) is 4.57 Å². The van der Waals surface area contributed by atoms with Crippen molar-refractivity contribution in [3.8, 4) is 0 Å². The first-order valence-corrected chi connectivity index (χ1v) is 27.6. The Balaban J connectivity index is 3.82. The summed E-state index contributed by atoms with van der Waals surface area (Å²) < 4.78 is 34.1. The number of allylic oxidation sites excluding steroid dienone is 4. The molecule has 10 heteroatoms. The minimum Gasteiger partial charge on any atom is -0.462 e. The van der Waals surface area contributed by atoms with Crippen LogP contribution in [-0.2, 0) is 32.7 Å². The minimum absolute atomic E-state index is 0.0344. The first kappa shape index (κ1) is 60.5. The number of unbranched alkanes of at least 4 members (excludes halogenated alkanes) is 30. The molecule has 1 N–H and O–H groups in total. The van der Waals surface area contributed by atoms with Gasteiger partial charge in [-0.1, -0.05) is 212 Å². The Kier molecular flexibility index (Phi) is 43.6. The second-order valence-corrected chi connectivity index (χ2v) is 20.4. The van der Waals surface area contributed by atoms with Gasteiger partial charge in [-0.05, 0) is 44.9 Å². The van der Waals surface area contributed by atoms with Gasteiger partial charge < -0.3 is 18.9 Å². The molecule has 2 unspecified atom stereocenters. The molecule has 62 heavy (non-hydrogen) atoms. The molecule has 0 spiro atoms. The summed E-state index contributed by atoms with van der Waals surface area (Å²) in [6, 6.07) is 0. The van der Waals surface area contributed by atoms with Crippen molar-refractivity contribution in [2.45, 2.75) is 251 Å². The highest BCUT2D eigenvalue weighted by Gasteiger charge is 2.27. The van der Waals surface area contributed by atoms with E-state index in [4.69, 9.17) is 18.5 Å². The van der Waals surface area contributed by atoms with Crippen LogP contribution in [0.2, 0.25) is 0 Å². The minimum atomic E-state index is -4.36. The molecule has 0 aliphatic carbocycles. The summed E-state index contributed by atoms with van der Waals surface area (Å²) in [5.41, 5.74) is 0. The zero-order valence-corrected chi connectivity index (χ0v) is 42.3. The van der Waals surface area contributed by atoms with E-state index < -0.39 is 26.5 Å². The standard InChI is InChI=1S/C52H100NO8P/c1-6-8-10-12-13-14-15-16-17-18-19-20-21-22-23-24-25-26-27-28-29-30-31-32-33-34-35-36-37-38-39-41-43-45-52(55)61-50(48-58-51(54)44-42-40-11-9-7-2)49-60-62(56,57)59-47-46-53(3,4)5/h15-16,18-19,50H,6-14,17,20-49H2,1-5H3/p+1/b16-15-,19-18-. The molecule has 0 aliphatic rings. The lowest BCUT2D eigenvalue weighted by Crippen LogP contribution is -2.37. The number of carbonyl (C=O) groups is 2. The Labute approximate surface area is 383 Å². The van der Waals surface area contributed by atoms with E-state index in [-0.39, 0.29) is 32.0 Å². The first-order valence-electron chi connectivity index (χ1n) is 26.1. The van der Waals surface area contributed by atoms with E-state index in [2.05, 4.69) is 38.2 Å². The highest BCUT2D eigenvalue weighted by molar-refractivity contribution is 7.47. The molecule has 0 rings (SSSR count). The predicted molar refractivity (Wildman–Crippen MR) is 261 cm³/mol. The van der Waals surface area contributed by atoms with Crippen LogP contribution in [0.25, 0.3) is 0 Å². The molecule has 0 saturated carbocycles. The Morgan fingerprint density at radius 3 is 1.27 bits per heavy atom. The van der Waals surface area contributed by atoms with E-state index in [1.54, 1.807) is 0 Å². The van der Waals surface area contributed by atoms with Crippen molar-refractivity contribution in [2.24, 2.45) is 0 Å². The van der Waals surface area contributed by atoms with E-state index in [0.717, 1.165) is 51.4 Å². The molecule has 0 radical (unpaired) electrons. The van der Waals surface area contributed by atoms with Gasteiger partial charge in [0.05, 0.1) is 27.7 Å². The maximum Gasteiger partial charge on any atom is 0.472 e. The molecular formula is C52H101NO8P+. The van der Waals surface area contributed by atoms with Crippen LogP contribution in [-0.4, -0.2) is 74.9 Å². The molecule has 0 heterocycles. The molecule has 0 saturated heterocycles. The molecule has 0 aliphatic heterocycles. The molecular weight excluding hydrogens is 798 g/mol. The zero-order chi connectivity index (χ0) is 45.7. The molecule has 0 aromatic rings. The molecule has 0 aromatic heterocycles. The van der Waals surface area contributed by atoms with Crippen molar-refractivity contribution >= 4 is 19.8 Å². The lowest BCUT2D eigenvalue weighted by atomic mass is 10.0. The molecule has 0 bridgehead atoms. The Hall–Kier alpha value is -1.51. The number of esters is 2. The molecule has 0 amide bonds. The van der Waals surface area contributed by atoms with Crippen LogP contribution in [0.15, 0.2) is 24.3 Å². The van der Waals surface area contributed by atoms with Gasteiger partial charge in [0.25, 0.3) is 0 Å². The number of phosphoric ester groups is 1.